The molecule has 1 fully saturated rings. The number of halogens is 2. The van der Waals surface area contributed by atoms with Gasteiger partial charge in [0.25, 0.3) is 5.89 Å². The number of nitrogens with zero attached hydrogens (tertiary/aromatic N) is 4. The van der Waals surface area contributed by atoms with Crippen LogP contribution < -0.4 is 9.80 Å². The lowest BCUT2D eigenvalue weighted by Gasteiger charge is -2.16. The highest BCUT2D eigenvalue weighted by Crippen LogP contribution is 2.33. The topological polar surface area (TPSA) is 62.5 Å². The van der Waals surface area contributed by atoms with Crippen molar-refractivity contribution in [1.82, 2.24) is 10.1 Å². The summed E-state index contributed by atoms with van der Waals surface area (Å²) in [5.74, 6) is -1.19. The molecule has 1 amide bonds. The minimum atomic E-state index is -0.648. The van der Waals surface area contributed by atoms with Crippen molar-refractivity contribution in [2.75, 3.05) is 30.4 Å². The van der Waals surface area contributed by atoms with E-state index in [-0.39, 0.29) is 30.5 Å². The van der Waals surface area contributed by atoms with Crippen LogP contribution in [0.25, 0.3) is 11.5 Å². The molecule has 8 heteroatoms. The molecular weight excluding hydrogens is 366 g/mol. The summed E-state index contributed by atoms with van der Waals surface area (Å²) in [6, 6.07) is 10.7. The molecule has 2 heterocycles. The number of hydrogen-bond acceptors (Lipinski definition) is 5. The van der Waals surface area contributed by atoms with Crippen molar-refractivity contribution in [1.29, 1.82) is 0 Å². The average Bonchev–Trinajstić information content (AvgIpc) is 3.31. The van der Waals surface area contributed by atoms with Gasteiger partial charge in [0.2, 0.25) is 5.91 Å². The highest BCUT2D eigenvalue weighted by Gasteiger charge is 2.36. The SMILES string of the molecule is CN(C)c1cccc(-c2nc(C3CC(=O)N(c4cc(F)ccc4F)C3)no2)c1. The van der Waals surface area contributed by atoms with Gasteiger partial charge in [0.05, 0.1) is 5.69 Å². The number of anilines is 2. The van der Waals surface area contributed by atoms with Crippen molar-refractivity contribution in [3.8, 4) is 11.5 Å². The van der Waals surface area contributed by atoms with Gasteiger partial charge in [-0.25, -0.2) is 8.78 Å². The van der Waals surface area contributed by atoms with Crippen molar-refractivity contribution >= 4 is 17.3 Å². The van der Waals surface area contributed by atoms with Crippen LogP contribution in [0.5, 0.6) is 0 Å². The Morgan fingerprint density at radius 1 is 1.18 bits per heavy atom. The van der Waals surface area contributed by atoms with E-state index in [1.54, 1.807) is 0 Å². The van der Waals surface area contributed by atoms with Crippen molar-refractivity contribution in [2.24, 2.45) is 0 Å². The molecule has 0 bridgehead atoms. The minimum absolute atomic E-state index is 0.0742. The zero-order chi connectivity index (χ0) is 19.8. The Bertz CT molecular complexity index is 1030. The van der Waals surface area contributed by atoms with Gasteiger partial charge in [-0.05, 0) is 30.3 Å². The number of hydrogen-bond donors (Lipinski definition) is 0. The average molecular weight is 384 g/mol. The summed E-state index contributed by atoms with van der Waals surface area (Å²) in [5, 5.41) is 4.01. The maximum absolute atomic E-state index is 14.0. The number of aromatic nitrogens is 2. The van der Waals surface area contributed by atoms with Crippen LogP contribution in [0.4, 0.5) is 20.2 Å². The van der Waals surface area contributed by atoms with E-state index < -0.39 is 11.6 Å². The molecule has 1 aliphatic heterocycles. The predicted molar refractivity (Wildman–Crippen MR) is 100 cm³/mol. The van der Waals surface area contributed by atoms with Crippen LogP contribution in [-0.4, -0.2) is 36.7 Å². The second-order valence-electron chi connectivity index (χ2n) is 6.90. The van der Waals surface area contributed by atoms with Crippen LogP contribution >= 0.6 is 0 Å². The molecule has 1 aliphatic rings. The van der Waals surface area contributed by atoms with Gasteiger partial charge in [0.15, 0.2) is 5.82 Å². The van der Waals surface area contributed by atoms with Crippen LogP contribution in [-0.2, 0) is 4.79 Å². The fourth-order valence-electron chi connectivity index (χ4n) is 3.24. The van der Waals surface area contributed by atoms with Crippen LogP contribution in [0.1, 0.15) is 18.2 Å². The molecule has 4 rings (SSSR count). The lowest BCUT2D eigenvalue weighted by molar-refractivity contribution is -0.117. The molecule has 1 aromatic heterocycles. The van der Waals surface area contributed by atoms with Crippen molar-refractivity contribution < 1.29 is 18.1 Å². The smallest absolute Gasteiger partial charge is 0.258 e. The molecule has 1 saturated heterocycles. The first-order chi connectivity index (χ1) is 13.4. The van der Waals surface area contributed by atoms with Gasteiger partial charge in [-0.15, -0.1) is 0 Å². The molecule has 28 heavy (non-hydrogen) atoms. The Morgan fingerprint density at radius 3 is 2.79 bits per heavy atom. The van der Waals surface area contributed by atoms with Crippen LogP contribution in [0.2, 0.25) is 0 Å². The summed E-state index contributed by atoms with van der Waals surface area (Å²) in [5.41, 5.74) is 1.68. The van der Waals surface area contributed by atoms with Gasteiger partial charge < -0.3 is 14.3 Å². The van der Waals surface area contributed by atoms with Gasteiger partial charge in [-0.3, -0.25) is 4.79 Å². The molecule has 0 aliphatic carbocycles. The molecule has 0 spiro atoms. The Morgan fingerprint density at radius 2 is 2.00 bits per heavy atom. The molecule has 6 nitrogen and oxygen atoms in total. The van der Waals surface area contributed by atoms with E-state index in [0.717, 1.165) is 29.4 Å². The Hall–Kier alpha value is -3.29. The van der Waals surface area contributed by atoms with E-state index in [0.29, 0.717) is 11.7 Å². The summed E-state index contributed by atoms with van der Waals surface area (Å²) >= 11 is 0. The predicted octanol–water partition coefficient (Wildman–Crippen LogP) is 3.60. The number of rotatable bonds is 4. The van der Waals surface area contributed by atoms with E-state index >= 15 is 0 Å². The second-order valence-corrected chi connectivity index (χ2v) is 6.90. The van der Waals surface area contributed by atoms with E-state index in [4.69, 9.17) is 4.52 Å². The van der Waals surface area contributed by atoms with Crippen molar-refractivity contribution in [2.45, 2.75) is 12.3 Å². The molecular formula is C20H18F2N4O2. The molecule has 1 atom stereocenters. The third-order valence-corrected chi connectivity index (χ3v) is 4.74. The zero-order valence-corrected chi connectivity index (χ0v) is 15.4. The van der Waals surface area contributed by atoms with Crippen molar-refractivity contribution in [3.05, 3.63) is 59.9 Å². The fraction of sp³-hybridized carbons (Fsp3) is 0.250. The Labute approximate surface area is 160 Å². The van der Waals surface area contributed by atoms with Gasteiger partial charge in [0.1, 0.15) is 11.6 Å². The number of carbonyl (C=O) groups is 1. The van der Waals surface area contributed by atoms with Gasteiger partial charge in [0, 0.05) is 50.3 Å². The normalized spacial score (nSPS) is 16.6. The van der Waals surface area contributed by atoms with Crippen LogP contribution in [0.15, 0.2) is 47.0 Å². The molecule has 3 aromatic rings. The maximum Gasteiger partial charge on any atom is 0.258 e. The lowest BCUT2D eigenvalue weighted by atomic mass is 10.1. The number of carbonyl (C=O) groups excluding carboxylic acids is 1. The van der Waals surface area contributed by atoms with Gasteiger partial charge >= 0.3 is 0 Å². The summed E-state index contributed by atoms with van der Waals surface area (Å²) in [6.07, 6.45) is 0.104. The largest absolute Gasteiger partial charge is 0.378 e. The van der Waals surface area contributed by atoms with E-state index in [9.17, 15) is 13.6 Å². The van der Waals surface area contributed by atoms with E-state index in [2.05, 4.69) is 10.1 Å². The third-order valence-electron chi connectivity index (χ3n) is 4.74. The minimum Gasteiger partial charge on any atom is -0.378 e. The summed E-state index contributed by atoms with van der Waals surface area (Å²) in [7, 11) is 3.87. The van der Waals surface area contributed by atoms with Gasteiger partial charge in [-0.1, -0.05) is 11.2 Å². The van der Waals surface area contributed by atoms with Crippen LogP contribution in [0, 0.1) is 11.6 Å². The number of benzene rings is 2. The van der Waals surface area contributed by atoms with E-state index in [1.807, 2.05) is 43.3 Å². The van der Waals surface area contributed by atoms with E-state index in [1.165, 1.54) is 4.90 Å². The zero-order valence-electron chi connectivity index (χ0n) is 15.4. The van der Waals surface area contributed by atoms with Crippen molar-refractivity contribution in [3.63, 3.8) is 0 Å². The fourth-order valence-corrected chi connectivity index (χ4v) is 3.24. The first kappa shape index (κ1) is 18.1. The molecule has 144 valence electrons. The van der Waals surface area contributed by atoms with Crippen LogP contribution in [0.3, 0.4) is 0 Å². The molecule has 0 N–H and O–H groups in total. The molecule has 1 unspecified atom stereocenters. The molecule has 2 aromatic carbocycles. The highest BCUT2D eigenvalue weighted by atomic mass is 19.1. The first-order valence-corrected chi connectivity index (χ1v) is 8.79. The third kappa shape index (κ3) is 3.33. The summed E-state index contributed by atoms with van der Waals surface area (Å²) < 4.78 is 32.9. The molecule has 0 radical (unpaired) electrons. The highest BCUT2D eigenvalue weighted by molar-refractivity contribution is 5.96. The molecule has 0 saturated carbocycles. The van der Waals surface area contributed by atoms with Gasteiger partial charge in [-0.2, -0.15) is 4.98 Å². The summed E-state index contributed by atoms with van der Waals surface area (Å²) in [4.78, 5) is 20.0. The summed E-state index contributed by atoms with van der Waals surface area (Å²) in [6.45, 7) is 0.163. The Balaban J connectivity index is 1.57. The maximum atomic E-state index is 14.0. The monoisotopic (exact) mass is 384 g/mol. The number of amides is 1. The standard InChI is InChI=1S/C20H18F2N4O2/c1-25(2)15-5-3-4-12(8-15)20-23-19(24-28-20)13-9-18(27)26(11-13)17-10-14(21)6-7-16(17)22/h3-8,10,13H,9,11H2,1-2H3. The first-order valence-electron chi connectivity index (χ1n) is 8.79. The second kappa shape index (κ2) is 7.03. The lowest BCUT2D eigenvalue weighted by Crippen LogP contribution is -2.25. The quantitative estimate of drug-likeness (QED) is 0.688. The Kier molecular flexibility index (Phi) is 4.54.